The van der Waals surface area contributed by atoms with E-state index in [4.69, 9.17) is 5.73 Å². The number of aromatic nitrogens is 1. The number of hydrogen-bond acceptors (Lipinski definition) is 3. The molecule has 1 aromatic rings. The first-order valence-electron chi connectivity index (χ1n) is 8.60. The van der Waals surface area contributed by atoms with Crippen molar-refractivity contribution in [2.24, 2.45) is 17.6 Å². The van der Waals surface area contributed by atoms with Gasteiger partial charge in [0.05, 0.1) is 5.69 Å². The smallest absolute Gasteiger partial charge is 0.0543 e. The SMILES string of the molecule is CCCC1CCC(N)C(CN(CC)Cc2ccccn2)C1. The van der Waals surface area contributed by atoms with Crippen LogP contribution >= 0.6 is 0 Å². The first-order valence-corrected chi connectivity index (χ1v) is 8.60. The molecule has 3 unspecified atom stereocenters. The van der Waals surface area contributed by atoms with Crippen LogP contribution in [0.3, 0.4) is 0 Å². The second-order valence-electron chi connectivity index (χ2n) is 6.54. The number of rotatable bonds is 7. The Labute approximate surface area is 129 Å². The molecule has 0 spiro atoms. The standard InChI is InChI=1S/C18H31N3/c1-3-7-15-9-10-18(19)16(12-15)13-21(4-2)14-17-8-5-6-11-20-17/h5-6,8,11,15-16,18H,3-4,7,9-10,12-14,19H2,1-2H3. The predicted octanol–water partition coefficient (Wildman–Crippen LogP) is 3.45. The molecule has 2 rings (SSSR count). The van der Waals surface area contributed by atoms with E-state index in [1.54, 1.807) is 0 Å². The molecular formula is C18H31N3. The van der Waals surface area contributed by atoms with Crippen LogP contribution in [0.15, 0.2) is 24.4 Å². The van der Waals surface area contributed by atoms with Gasteiger partial charge in [0.1, 0.15) is 0 Å². The molecule has 1 aliphatic carbocycles. The minimum absolute atomic E-state index is 0.385. The Balaban J connectivity index is 1.90. The third-order valence-electron chi connectivity index (χ3n) is 4.90. The molecule has 3 heteroatoms. The van der Waals surface area contributed by atoms with E-state index in [1.807, 2.05) is 12.3 Å². The highest BCUT2D eigenvalue weighted by Crippen LogP contribution is 2.32. The van der Waals surface area contributed by atoms with E-state index in [2.05, 4.69) is 35.9 Å². The van der Waals surface area contributed by atoms with Crippen molar-refractivity contribution in [3.8, 4) is 0 Å². The predicted molar refractivity (Wildman–Crippen MR) is 88.9 cm³/mol. The molecule has 0 aromatic carbocycles. The Morgan fingerprint density at radius 2 is 2.14 bits per heavy atom. The zero-order chi connectivity index (χ0) is 15.1. The quantitative estimate of drug-likeness (QED) is 0.836. The van der Waals surface area contributed by atoms with Gasteiger partial charge in [-0.05, 0) is 49.8 Å². The lowest BCUT2D eigenvalue weighted by Gasteiger charge is -2.37. The molecule has 1 saturated carbocycles. The zero-order valence-electron chi connectivity index (χ0n) is 13.7. The molecule has 0 aliphatic heterocycles. The fraction of sp³-hybridized carbons (Fsp3) is 0.722. The van der Waals surface area contributed by atoms with Crippen molar-refractivity contribution in [1.82, 2.24) is 9.88 Å². The topological polar surface area (TPSA) is 42.1 Å². The van der Waals surface area contributed by atoms with Crippen LogP contribution in [0.2, 0.25) is 0 Å². The fourth-order valence-corrected chi connectivity index (χ4v) is 3.62. The highest BCUT2D eigenvalue weighted by atomic mass is 15.1. The van der Waals surface area contributed by atoms with Crippen molar-refractivity contribution in [3.63, 3.8) is 0 Å². The Hall–Kier alpha value is -0.930. The van der Waals surface area contributed by atoms with Crippen molar-refractivity contribution < 1.29 is 0 Å². The minimum atomic E-state index is 0.385. The van der Waals surface area contributed by atoms with Crippen LogP contribution in [0.5, 0.6) is 0 Å². The molecule has 1 fully saturated rings. The van der Waals surface area contributed by atoms with Gasteiger partial charge in [-0.15, -0.1) is 0 Å². The Morgan fingerprint density at radius 3 is 2.81 bits per heavy atom. The fourth-order valence-electron chi connectivity index (χ4n) is 3.62. The molecule has 0 saturated heterocycles. The van der Waals surface area contributed by atoms with Crippen LogP contribution in [0, 0.1) is 11.8 Å². The lowest BCUT2D eigenvalue weighted by Crippen LogP contribution is -2.43. The summed E-state index contributed by atoms with van der Waals surface area (Å²) in [6.45, 7) is 7.66. The normalized spacial score (nSPS) is 26.2. The third-order valence-corrected chi connectivity index (χ3v) is 4.90. The van der Waals surface area contributed by atoms with Gasteiger partial charge in [0, 0.05) is 25.3 Å². The van der Waals surface area contributed by atoms with Gasteiger partial charge in [0.2, 0.25) is 0 Å². The van der Waals surface area contributed by atoms with Gasteiger partial charge in [-0.2, -0.15) is 0 Å². The van der Waals surface area contributed by atoms with Gasteiger partial charge in [-0.25, -0.2) is 0 Å². The molecule has 21 heavy (non-hydrogen) atoms. The molecule has 1 aliphatic rings. The molecule has 1 aromatic heterocycles. The van der Waals surface area contributed by atoms with Gasteiger partial charge in [-0.3, -0.25) is 9.88 Å². The number of nitrogens with zero attached hydrogens (tertiary/aromatic N) is 2. The number of nitrogens with two attached hydrogens (primary N) is 1. The van der Waals surface area contributed by atoms with Crippen LogP contribution in [0.1, 0.15) is 51.6 Å². The molecule has 0 radical (unpaired) electrons. The van der Waals surface area contributed by atoms with Gasteiger partial charge in [0.15, 0.2) is 0 Å². The van der Waals surface area contributed by atoms with Crippen LogP contribution in [-0.2, 0) is 6.54 Å². The molecule has 1 heterocycles. The van der Waals surface area contributed by atoms with E-state index in [0.29, 0.717) is 12.0 Å². The van der Waals surface area contributed by atoms with E-state index in [1.165, 1.54) is 32.1 Å². The van der Waals surface area contributed by atoms with Crippen molar-refractivity contribution in [1.29, 1.82) is 0 Å². The first-order chi connectivity index (χ1) is 10.2. The van der Waals surface area contributed by atoms with E-state index >= 15 is 0 Å². The maximum Gasteiger partial charge on any atom is 0.0543 e. The Bertz CT molecular complexity index is 393. The summed E-state index contributed by atoms with van der Waals surface area (Å²) in [5, 5.41) is 0. The van der Waals surface area contributed by atoms with Crippen LogP contribution in [0.25, 0.3) is 0 Å². The average molecular weight is 289 g/mol. The highest BCUT2D eigenvalue weighted by Gasteiger charge is 2.28. The zero-order valence-corrected chi connectivity index (χ0v) is 13.7. The second kappa shape index (κ2) is 8.50. The van der Waals surface area contributed by atoms with E-state index in [-0.39, 0.29) is 0 Å². The molecule has 2 N–H and O–H groups in total. The summed E-state index contributed by atoms with van der Waals surface area (Å²) in [5.74, 6) is 1.55. The van der Waals surface area contributed by atoms with Gasteiger partial charge >= 0.3 is 0 Å². The first kappa shape index (κ1) is 16.4. The largest absolute Gasteiger partial charge is 0.327 e. The molecule has 0 amide bonds. The van der Waals surface area contributed by atoms with E-state index < -0.39 is 0 Å². The summed E-state index contributed by atoms with van der Waals surface area (Å²) < 4.78 is 0. The van der Waals surface area contributed by atoms with E-state index in [0.717, 1.165) is 31.2 Å². The third kappa shape index (κ3) is 5.08. The summed E-state index contributed by atoms with van der Waals surface area (Å²) >= 11 is 0. The summed E-state index contributed by atoms with van der Waals surface area (Å²) in [5.41, 5.74) is 7.55. The lowest BCUT2D eigenvalue weighted by atomic mass is 9.76. The van der Waals surface area contributed by atoms with Crippen molar-refractivity contribution >= 4 is 0 Å². The maximum atomic E-state index is 6.39. The molecular weight excluding hydrogens is 258 g/mol. The highest BCUT2D eigenvalue weighted by molar-refractivity contribution is 5.03. The minimum Gasteiger partial charge on any atom is -0.327 e. The summed E-state index contributed by atoms with van der Waals surface area (Å²) in [6, 6.07) is 6.55. The van der Waals surface area contributed by atoms with Crippen LogP contribution < -0.4 is 5.73 Å². The maximum absolute atomic E-state index is 6.39. The summed E-state index contributed by atoms with van der Waals surface area (Å²) in [4.78, 5) is 6.95. The lowest BCUT2D eigenvalue weighted by molar-refractivity contribution is 0.150. The van der Waals surface area contributed by atoms with E-state index in [9.17, 15) is 0 Å². The molecule has 3 atom stereocenters. The van der Waals surface area contributed by atoms with Crippen LogP contribution in [-0.4, -0.2) is 29.0 Å². The number of hydrogen-bond donors (Lipinski definition) is 1. The van der Waals surface area contributed by atoms with Crippen molar-refractivity contribution in [2.75, 3.05) is 13.1 Å². The van der Waals surface area contributed by atoms with Crippen molar-refractivity contribution in [2.45, 2.75) is 58.5 Å². The molecule has 0 bridgehead atoms. The summed E-state index contributed by atoms with van der Waals surface area (Å²) in [6.07, 6.45) is 8.41. The average Bonchev–Trinajstić information content (AvgIpc) is 2.51. The van der Waals surface area contributed by atoms with Crippen molar-refractivity contribution in [3.05, 3.63) is 30.1 Å². The van der Waals surface area contributed by atoms with Gasteiger partial charge in [0.25, 0.3) is 0 Å². The monoisotopic (exact) mass is 289 g/mol. The second-order valence-corrected chi connectivity index (χ2v) is 6.54. The van der Waals surface area contributed by atoms with Crippen LogP contribution in [0.4, 0.5) is 0 Å². The van der Waals surface area contributed by atoms with Gasteiger partial charge in [-0.1, -0.05) is 32.8 Å². The van der Waals surface area contributed by atoms with Gasteiger partial charge < -0.3 is 5.73 Å². The molecule has 3 nitrogen and oxygen atoms in total. The molecule has 118 valence electrons. The Morgan fingerprint density at radius 1 is 1.29 bits per heavy atom. The Kier molecular flexibility index (Phi) is 6.65. The summed E-state index contributed by atoms with van der Waals surface area (Å²) in [7, 11) is 0. The number of pyridine rings is 1.